The minimum atomic E-state index is -0.394. The molecule has 0 unspecified atom stereocenters. The first kappa shape index (κ1) is 22.2. The van der Waals surface area contributed by atoms with Crippen LogP contribution >= 0.6 is 0 Å². The van der Waals surface area contributed by atoms with Crippen molar-refractivity contribution in [3.63, 3.8) is 0 Å². The minimum Gasteiger partial charge on any atom is -0.493 e. The maximum Gasteiger partial charge on any atom is 0.175 e. The van der Waals surface area contributed by atoms with Crippen LogP contribution in [0.4, 0.5) is 4.39 Å². The number of ether oxygens (including phenoxy) is 3. The Hall–Kier alpha value is -3.32. The van der Waals surface area contributed by atoms with Crippen LogP contribution in [0.15, 0.2) is 42.6 Å². The van der Waals surface area contributed by atoms with Gasteiger partial charge in [-0.15, -0.1) is 0 Å². The van der Waals surface area contributed by atoms with Crippen molar-refractivity contribution >= 4 is 21.8 Å². The summed E-state index contributed by atoms with van der Waals surface area (Å²) in [6.07, 6.45) is 6.66. The third-order valence-corrected chi connectivity index (χ3v) is 7.29. The zero-order valence-electron chi connectivity index (χ0n) is 20.4. The van der Waals surface area contributed by atoms with Crippen LogP contribution in [0, 0.1) is 18.2 Å². The second kappa shape index (κ2) is 8.41. The number of halogens is 1. The van der Waals surface area contributed by atoms with E-state index in [4.69, 9.17) is 14.2 Å². The van der Waals surface area contributed by atoms with Gasteiger partial charge >= 0.3 is 0 Å². The predicted octanol–water partition coefficient (Wildman–Crippen LogP) is 6.22. The molecule has 7 heteroatoms. The lowest BCUT2D eigenvalue weighted by Gasteiger charge is -2.24. The number of pyridine rings is 1. The molecule has 2 saturated carbocycles. The maximum absolute atomic E-state index is 15.1. The van der Waals surface area contributed by atoms with Gasteiger partial charge in [-0.05, 0) is 70.0 Å². The number of fused-ring (bicyclic) bond motifs is 2. The molecule has 0 atom stereocenters. The van der Waals surface area contributed by atoms with E-state index in [0.717, 1.165) is 29.2 Å². The molecule has 0 radical (unpaired) electrons. The molecule has 0 amide bonds. The average Bonchev–Trinajstić information content (AvgIpc) is 3.78. The van der Waals surface area contributed by atoms with E-state index >= 15 is 4.39 Å². The van der Waals surface area contributed by atoms with Gasteiger partial charge in [-0.2, -0.15) is 0 Å². The molecule has 2 heterocycles. The Bertz CT molecular complexity index is 1410. The molecule has 0 bridgehead atoms. The van der Waals surface area contributed by atoms with E-state index in [1.54, 1.807) is 31.5 Å². The smallest absolute Gasteiger partial charge is 0.175 e. The van der Waals surface area contributed by atoms with E-state index in [1.807, 2.05) is 25.1 Å². The van der Waals surface area contributed by atoms with Crippen LogP contribution in [0.1, 0.15) is 31.4 Å². The number of aryl methyl sites for hydroxylation is 1. The number of H-pyrrole nitrogens is 1. The molecule has 2 fully saturated rings. The Balaban J connectivity index is 1.26. The van der Waals surface area contributed by atoms with Gasteiger partial charge in [0.15, 0.2) is 23.1 Å². The van der Waals surface area contributed by atoms with Crippen LogP contribution < -0.4 is 14.2 Å². The topological polar surface area (TPSA) is 59.6 Å². The van der Waals surface area contributed by atoms with Crippen molar-refractivity contribution in [2.75, 3.05) is 27.3 Å². The van der Waals surface area contributed by atoms with Gasteiger partial charge in [0.25, 0.3) is 0 Å². The highest BCUT2D eigenvalue weighted by molar-refractivity contribution is 5.89. The maximum atomic E-state index is 15.1. The van der Waals surface area contributed by atoms with E-state index in [1.165, 1.54) is 25.7 Å². The fourth-order valence-corrected chi connectivity index (χ4v) is 4.90. The number of aromatic nitrogens is 2. The number of nitrogens with one attached hydrogen (secondary N) is 1. The third-order valence-electron chi connectivity index (χ3n) is 7.29. The van der Waals surface area contributed by atoms with E-state index in [2.05, 4.69) is 21.9 Å². The zero-order chi connectivity index (χ0) is 24.2. The van der Waals surface area contributed by atoms with Crippen LogP contribution in [0.2, 0.25) is 0 Å². The van der Waals surface area contributed by atoms with Gasteiger partial charge in [-0.25, -0.2) is 4.39 Å². The van der Waals surface area contributed by atoms with Gasteiger partial charge < -0.3 is 24.1 Å². The Morgan fingerprint density at radius 3 is 2.63 bits per heavy atom. The average molecular weight is 476 g/mol. The molecule has 6 nitrogen and oxygen atoms in total. The van der Waals surface area contributed by atoms with Crippen LogP contribution in [0.3, 0.4) is 0 Å². The third kappa shape index (κ3) is 4.29. The second-order valence-electron chi connectivity index (χ2n) is 10.2. The number of rotatable bonds is 9. The van der Waals surface area contributed by atoms with E-state index in [-0.39, 0.29) is 11.2 Å². The highest BCUT2D eigenvalue weighted by Crippen LogP contribution is 2.48. The molecule has 4 aromatic rings. The Morgan fingerprint density at radius 2 is 1.89 bits per heavy atom. The highest BCUT2D eigenvalue weighted by atomic mass is 19.1. The quantitative estimate of drug-likeness (QED) is 0.312. The van der Waals surface area contributed by atoms with Gasteiger partial charge in [0.1, 0.15) is 5.75 Å². The lowest BCUT2D eigenvalue weighted by molar-refractivity contribution is 0.171. The summed E-state index contributed by atoms with van der Waals surface area (Å²) in [5, 5.41) is 1.24. The summed E-state index contributed by atoms with van der Waals surface area (Å²) < 4.78 is 33.1. The summed E-state index contributed by atoms with van der Waals surface area (Å²) in [7, 11) is 3.85. The number of hydrogen-bond donors (Lipinski definition) is 1. The summed E-state index contributed by atoms with van der Waals surface area (Å²) in [6, 6.07) is 11.5. The normalized spacial score (nSPS) is 16.7. The molecule has 2 aliphatic rings. The van der Waals surface area contributed by atoms with E-state index in [0.29, 0.717) is 34.8 Å². The molecule has 2 aliphatic carbocycles. The first-order chi connectivity index (χ1) is 16.9. The summed E-state index contributed by atoms with van der Waals surface area (Å²) in [5.74, 6) is 1.56. The molecule has 0 aliphatic heterocycles. The molecular formula is C28H30FN3O3. The van der Waals surface area contributed by atoms with Crippen molar-refractivity contribution in [3.05, 3.63) is 54.1 Å². The van der Waals surface area contributed by atoms with E-state index in [9.17, 15) is 0 Å². The fourth-order valence-electron chi connectivity index (χ4n) is 4.90. The number of hydrogen-bond acceptors (Lipinski definition) is 5. The van der Waals surface area contributed by atoms with Crippen molar-refractivity contribution in [1.29, 1.82) is 0 Å². The largest absolute Gasteiger partial charge is 0.493 e. The number of methoxy groups -OCH3 is 1. The Morgan fingerprint density at radius 1 is 1.06 bits per heavy atom. The van der Waals surface area contributed by atoms with Gasteiger partial charge in [0.05, 0.1) is 19.2 Å². The number of nitrogens with zero attached hydrogens (tertiary/aromatic N) is 2. The summed E-state index contributed by atoms with van der Waals surface area (Å²) >= 11 is 0. The lowest BCUT2D eigenvalue weighted by Crippen LogP contribution is -2.32. The van der Waals surface area contributed by atoms with Gasteiger partial charge in [0.2, 0.25) is 0 Å². The highest BCUT2D eigenvalue weighted by Gasteiger charge is 2.46. The minimum absolute atomic E-state index is 0.166. The van der Waals surface area contributed by atoms with Crippen molar-refractivity contribution < 1.29 is 18.6 Å². The Labute approximate surface area is 204 Å². The molecule has 182 valence electrons. The first-order valence-corrected chi connectivity index (χ1v) is 12.2. The molecule has 2 aromatic carbocycles. The SMILES string of the molecule is COc1cc2c(Oc3ccc4[nH]c(C)cc4c3F)ccnc2cc1OCC1(CN(C)C2CC2)CC1. The van der Waals surface area contributed by atoms with E-state index < -0.39 is 5.82 Å². The van der Waals surface area contributed by atoms with Crippen molar-refractivity contribution in [2.45, 2.75) is 38.6 Å². The molecule has 0 spiro atoms. The number of aromatic amines is 1. The van der Waals surface area contributed by atoms with Crippen molar-refractivity contribution in [2.24, 2.45) is 5.41 Å². The Kier molecular flexibility index (Phi) is 5.33. The monoisotopic (exact) mass is 475 g/mol. The second-order valence-corrected chi connectivity index (χ2v) is 10.2. The number of benzene rings is 2. The van der Waals surface area contributed by atoms with Gasteiger partial charge in [-0.1, -0.05) is 0 Å². The van der Waals surface area contributed by atoms with Crippen molar-refractivity contribution in [1.82, 2.24) is 14.9 Å². The molecule has 1 N–H and O–H groups in total. The fraction of sp³-hybridized carbons (Fsp3) is 0.393. The van der Waals surface area contributed by atoms with Gasteiger partial charge in [0, 0.05) is 52.2 Å². The lowest BCUT2D eigenvalue weighted by atomic mass is 10.1. The molecule has 6 rings (SSSR count). The summed E-state index contributed by atoms with van der Waals surface area (Å²) in [6.45, 7) is 3.63. The first-order valence-electron chi connectivity index (χ1n) is 12.2. The summed E-state index contributed by atoms with van der Waals surface area (Å²) in [5.41, 5.74) is 2.57. The zero-order valence-corrected chi connectivity index (χ0v) is 20.4. The molecular weight excluding hydrogens is 445 g/mol. The standard InChI is InChI=1S/C28H30FN3O3/c1-17-12-20-21(31-17)6-7-24(27(20)29)35-23-8-11-30-22-14-26(25(33-3)13-19(22)23)34-16-28(9-10-28)15-32(2)18-4-5-18/h6-8,11-14,18,31H,4-5,9-10,15-16H2,1-3H3. The van der Waals surface area contributed by atoms with Gasteiger partial charge in [-0.3, -0.25) is 4.98 Å². The van der Waals surface area contributed by atoms with Crippen LogP contribution in [0.5, 0.6) is 23.0 Å². The summed E-state index contributed by atoms with van der Waals surface area (Å²) in [4.78, 5) is 10.1. The molecule has 35 heavy (non-hydrogen) atoms. The molecule has 0 saturated heterocycles. The van der Waals surface area contributed by atoms with Crippen LogP contribution in [-0.4, -0.2) is 48.2 Å². The molecule has 2 aromatic heterocycles. The predicted molar refractivity (Wildman–Crippen MR) is 134 cm³/mol. The van der Waals surface area contributed by atoms with Crippen LogP contribution in [0.25, 0.3) is 21.8 Å². The van der Waals surface area contributed by atoms with Crippen LogP contribution in [-0.2, 0) is 0 Å². The van der Waals surface area contributed by atoms with Crippen molar-refractivity contribution in [3.8, 4) is 23.0 Å².